The molecule has 1 aliphatic rings. The van der Waals surface area contributed by atoms with Gasteiger partial charge in [0.05, 0.1) is 11.7 Å². The smallest absolute Gasteiger partial charge is 0.245 e. The molecule has 0 aliphatic carbocycles. The highest BCUT2D eigenvalue weighted by Crippen LogP contribution is 2.25. The lowest BCUT2D eigenvalue weighted by Gasteiger charge is -2.35. The largest absolute Gasteiger partial charge is 0.309 e. The van der Waals surface area contributed by atoms with E-state index in [-0.39, 0.29) is 17.0 Å². The molecule has 2 aromatic rings. The van der Waals surface area contributed by atoms with Gasteiger partial charge in [-0.3, -0.25) is 0 Å². The van der Waals surface area contributed by atoms with E-state index in [1.54, 1.807) is 18.2 Å². The maximum Gasteiger partial charge on any atom is 0.245 e. The van der Waals surface area contributed by atoms with E-state index in [9.17, 15) is 8.42 Å². The molecular formula is C12H16N4O2S2. The van der Waals surface area contributed by atoms with Crippen molar-refractivity contribution in [1.29, 1.82) is 0 Å². The maximum absolute atomic E-state index is 12.8. The van der Waals surface area contributed by atoms with Crippen LogP contribution in [0.3, 0.4) is 0 Å². The Bertz CT molecular complexity index is 718. The van der Waals surface area contributed by atoms with Gasteiger partial charge >= 0.3 is 0 Å². The number of sulfonamides is 1. The first kappa shape index (κ1) is 13.9. The van der Waals surface area contributed by atoms with Crippen LogP contribution in [0.15, 0.2) is 23.1 Å². The molecule has 2 unspecified atom stereocenters. The SMILES string of the molecule is CC1CN(S(=O)(=O)c2cccc3nsnc23)CC(C)N1. The quantitative estimate of drug-likeness (QED) is 0.897. The molecule has 1 aliphatic heterocycles. The Morgan fingerprint density at radius 3 is 2.65 bits per heavy atom. The molecular weight excluding hydrogens is 296 g/mol. The summed E-state index contributed by atoms with van der Waals surface area (Å²) >= 11 is 1.04. The van der Waals surface area contributed by atoms with E-state index >= 15 is 0 Å². The molecule has 2 atom stereocenters. The van der Waals surface area contributed by atoms with E-state index in [0.29, 0.717) is 24.1 Å². The fourth-order valence-corrected chi connectivity index (χ4v) is 4.97. The van der Waals surface area contributed by atoms with Crippen LogP contribution in [0.5, 0.6) is 0 Å². The van der Waals surface area contributed by atoms with Gasteiger partial charge < -0.3 is 5.32 Å². The van der Waals surface area contributed by atoms with Crippen molar-refractivity contribution >= 4 is 32.8 Å². The Morgan fingerprint density at radius 2 is 1.95 bits per heavy atom. The van der Waals surface area contributed by atoms with Crippen LogP contribution < -0.4 is 5.32 Å². The fourth-order valence-electron chi connectivity index (χ4n) is 2.60. The van der Waals surface area contributed by atoms with Crippen molar-refractivity contribution in [3.8, 4) is 0 Å². The minimum Gasteiger partial charge on any atom is -0.309 e. The Balaban J connectivity index is 2.05. The van der Waals surface area contributed by atoms with E-state index in [2.05, 4.69) is 14.1 Å². The number of aromatic nitrogens is 2. The molecule has 1 aromatic heterocycles. The molecule has 1 fully saturated rings. The van der Waals surface area contributed by atoms with Crippen LogP contribution in [0, 0.1) is 0 Å². The molecule has 0 radical (unpaired) electrons. The minimum atomic E-state index is -3.53. The number of fused-ring (bicyclic) bond motifs is 1. The van der Waals surface area contributed by atoms with Crippen LogP contribution in [-0.2, 0) is 10.0 Å². The van der Waals surface area contributed by atoms with Crippen molar-refractivity contribution in [3.05, 3.63) is 18.2 Å². The standard InChI is InChI=1S/C12H16N4O2S2/c1-8-6-16(7-9(2)13-8)20(17,18)11-5-3-4-10-12(11)15-19-14-10/h3-5,8-9,13H,6-7H2,1-2H3. The van der Waals surface area contributed by atoms with Crippen molar-refractivity contribution in [2.45, 2.75) is 30.8 Å². The molecule has 0 saturated carbocycles. The van der Waals surface area contributed by atoms with Gasteiger partial charge in [0.1, 0.15) is 15.9 Å². The van der Waals surface area contributed by atoms with Crippen LogP contribution in [0.4, 0.5) is 0 Å². The zero-order valence-corrected chi connectivity index (χ0v) is 12.9. The molecule has 8 heteroatoms. The highest BCUT2D eigenvalue weighted by Gasteiger charge is 2.32. The Hall–Kier alpha value is -1.09. The zero-order valence-electron chi connectivity index (χ0n) is 11.3. The van der Waals surface area contributed by atoms with Gasteiger partial charge in [0, 0.05) is 25.2 Å². The molecule has 1 aromatic carbocycles. The van der Waals surface area contributed by atoms with Gasteiger partial charge in [0.15, 0.2) is 0 Å². The molecule has 0 bridgehead atoms. The van der Waals surface area contributed by atoms with Gasteiger partial charge in [-0.15, -0.1) is 0 Å². The maximum atomic E-state index is 12.8. The van der Waals surface area contributed by atoms with Crippen molar-refractivity contribution in [3.63, 3.8) is 0 Å². The van der Waals surface area contributed by atoms with Crippen LogP contribution >= 0.6 is 11.7 Å². The Labute approximate surface area is 122 Å². The van der Waals surface area contributed by atoms with Gasteiger partial charge in [-0.05, 0) is 26.0 Å². The van der Waals surface area contributed by atoms with Crippen molar-refractivity contribution in [2.75, 3.05) is 13.1 Å². The van der Waals surface area contributed by atoms with Gasteiger partial charge in [0.25, 0.3) is 0 Å². The van der Waals surface area contributed by atoms with Gasteiger partial charge in [-0.1, -0.05) is 6.07 Å². The average Bonchev–Trinajstić information content (AvgIpc) is 2.85. The summed E-state index contributed by atoms with van der Waals surface area (Å²) in [6.45, 7) is 4.92. The second-order valence-electron chi connectivity index (χ2n) is 5.18. The first-order valence-corrected chi connectivity index (χ1v) is 8.63. The summed E-state index contributed by atoms with van der Waals surface area (Å²) in [5, 5.41) is 3.33. The van der Waals surface area contributed by atoms with E-state index in [0.717, 1.165) is 11.7 Å². The summed E-state index contributed by atoms with van der Waals surface area (Å²) in [4.78, 5) is 0.255. The van der Waals surface area contributed by atoms with E-state index < -0.39 is 10.0 Å². The van der Waals surface area contributed by atoms with E-state index in [1.165, 1.54) is 4.31 Å². The molecule has 1 N–H and O–H groups in total. The third-order valence-electron chi connectivity index (χ3n) is 3.39. The molecule has 0 amide bonds. The minimum absolute atomic E-state index is 0.140. The highest BCUT2D eigenvalue weighted by atomic mass is 32.2. The molecule has 20 heavy (non-hydrogen) atoms. The second kappa shape index (κ2) is 5.03. The third-order valence-corrected chi connectivity index (χ3v) is 5.80. The number of hydrogen-bond donors (Lipinski definition) is 1. The molecule has 6 nitrogen and oxygen atoms in total. The highest BCUT2D eigenvalue weighted by molar-refractivity contribution is 7.89. The summed E-state index contributed by atoms with van der Waals surface area (Å²) in [7, 11) is -3.53. The predicted molar refractivity (Wildman–Crippen MR) is 78.2 cm³/mol. The number of rotatable bonds is 2. The lowest BCUT2D eigenvalue weighted by Crippen LogP contribution is -2.55. The average molecular weight is 312 g/mol. The van der Waals surface area contributed by atoms with E-state index in [4.69, 9.17) is 0 Å². The summed E-state index contributed by atoms with van der Waals surface area (Å²) in [5.74, 6) is 0. The van der Waals surface area contributed by atoms with Crippen molar-refractivity contribution < 1.29 is 8.42 Å². The Morgan fingerprint density at radius 1 is 1.25 bits per heavy atom. The van der Waals surface area contributed by atoms with Crippen molar-refractivity contribution in [2.24, 2.45) is 0 Å². The first-order chi connectivity index (χ1) is 9.48. The summed E-state index contributed by atoms with van der Waals surface area (Å²) in [5.41, 5.74) is 1.10. The number of nitrogens with one attached hydrogen (secondary N) is 1. The molecule has 3 rings (SSSR count). The Kier molecular flexibility index (Phi) is 3.49. The number of hydrogen-bond acceptors (Lipinski definition) is 6. The summed E-state index contributed by atoms with van der Waals surface area (Å²) < 4.78 is 35.4. The first-order valence-electron chi connectivity index (χ1n) is 6.46. The fraction of sp³-hybridized carbons (Fsp3) is 0.500. The van der Waals surface area contributed by atoms with Gasteiger partial charge in [0.2, 0.25) is 10.0 Å². The summed E-state index contributed by atoms with van der Waals surface area (Å²) in [6.07, 6.45) is 0. The van der Waals surface area contributed by atoms with Gasteiger partial charge in [-0.25, -0.2) is 8.42 Å². The number of nitrogens with zero attached hydrogens (tertiary/aromatic N) is 3. The molecule has 108 valence electrons. The molecule has 1 saturated heterocycles. The third kappa shape index (κ3) is 2.32. The van der Waals surface area contributed by atoms with Crippen LogP contribution in [-0.4, -0.2) is 46.6 Å². The monoisotopic (exact) mass is 312 g/mol. The lowest BCUT2D eigenvalue weighted by atomic mass is 10.2. The molecule has 2 heterocycles. The molecule has 0 spiro atoms. The van der Waals surface area contributed by atoms with E-state index in [1.807, 2.05) is 13.8 Å². The van der Waals surface area contributed by atoms with Gasteiger partial charge in [-0.2, -0.15) is 13.1 Å². The zero-order chi connectivity index (χ0) is 14.3. The second-order valence-corrected chi connectivity index (χ2v) is 7.61. The number of benzene rings is 1. The normalized spacial score (nSPS) is 25.1. The number of piperazine rings is 1. The predicted octanol–water partition coefficient (Wildman–Crippen LogP) is 1.06. The van der Waals surface area contributed by atoms with Crippen molar-refractivity contribution in [1.82, 2.24) is 18.4 Å². The summed E-state index contributed by atoms with van der Waals surface area (Å²) in [6, 6.07) is 5.38. The lowest BCUT2D eigenvalue weighted by molar-refractivity contribution is 0.263. The van der Waals surface area contributed by atoms with Crippen LogP contribution in [0.25, 0.3) is 11.0 Å². The van der Waals surface area contributed by atoms with Crippen LogP contribution in [0.2, 0.25) is 0 Å². The van der Waals surface area contributed by atoms with Crippen LogP contribution in [0.1, 0.15) is 13.8 Å². The topological polar surface area (TPSA) is 75.2 Å².